The fourth-order valence-corrected chi connectivity index (χ4v) is 11.3. The van der Waals surface area contributed by atoms with E-state index in [9.17, 15) is 27.2 Å². The first-order chi connectivity index (χ1) is 32.3. The summed E-state index contributed by atoms with van der Waals surface area (Å²) in [6.07, 6.45) is 8.35. The molecule has 2 amide bonds. The lowest BCUT2D eigenvalue weighted by Crippen LogP contribution is -2.49. The molecule has 6 heterocycles. The Balaban J connectivity index is 0.736. The number of hydrogen-bond donors (Lipinski definition) is 3. The lowest BCUT2D eigenvalue weighted by atomic mass is 9.94. The van der Waals surface area contributed by atoms with Gasteiger partial charge in [0.1, 0.15) is 35.5 Å². The number of nitrogens with zero attached hydrogens (tertiary/aromatic N) is 4. The van der Waals surface area contributed by atoms with Crippen LogP contribution in [0.2, 0.25) is 0 Å². The van der Waals surface area contributed by atoms with Crippen LogP contribution in [0.5, 0.6) is 5.75 Å². The van der Waals surface area contributed by atoms with Gasteiger partial charge in [-0.15, -0.1) is 0 Å². The second-order valence-corrected chi connectivity index (χ2v) is 19.8. The molecule has 4 atom stereocenters. The van der Waals surface area contributed by atoms with Gasteiger partial charge >= 0.3 is 10.2 Å². The minimum atomic E-state index is -4.36. The minimum absolute atomic E-state index is 0.000267. The van der Waals surface area contributed by atoms with E-state index in [0.717, 1.165) is 84.9 Å². The van der Waals surface area contributed by atoms with Gasteiger partial charge in [-0.05, 0) is 111 Å². The summed E-state index contributed by atoms with van der Waals surface area (Å²) in [5.74, 6) is -3.17. The van der Waals surface area contributed by atoms with Gasteiger partial charge in [-0.25, -0.2) is 18.2 Å². The van der Waals surface area contributed by atoms with Crippen molar-refractivity contribution >= 4 is 50.2 Å². The third-order valence-corrected chi connectivity index (χ3v) is 15.1. The second kappa shape index (κ2) is 18.1. The number of ketones is 1. The number of rotatable bonds is 12. The highest BCUT2D eigenvalue weighted by Crippen LogP contribution is 2.35. The fraction of sp³-hybridized carbons (Fsp3) is 0.388. The highest BCUT2D eigenvalue weighted by Gasteiger charge is 2.39. The van der Waals surface area contributed by atoms with Crippen molar-refractivity contribution in [2.24, 2.45) is 0 Å². The van der Waals surface area contributed by atoms with E-state index < -0.39 is 57.6 Å². The number of halogens is 3. The smallest absolute Gasteiger partial charge is 0.301 e. The van der Waals surface area contributed by atoms with Crippen molar-refractivity contribution < 1.29 is 45.4 Å². The van der Waals surface area contributed by atoms with Gasteiger partial charge in [-0.3, -0.25) is 19.1 Å². The number of fused-ring (bicyclic) bond motifs is 2. The van der Waals surface area contributed by atoms with E-state index in [1.54, 1.807) is 17.2 Å². The van der Waals surface area contributed by atoms with Crippen LogP contribution in [0.25, 0.3) is 22.2 Å². The number of alkyl halides is 1. The molecule has 1 unspecified atom stereocenters. The average Bonchev–Trinajstić information content (AvgIpc) is 4.05. The van der Waals surface area contributed by atoms with Crippen LogP contribution >= 0.6 is 0 Å². The molecule has 14 nitrogen and oxygen atoms in total. The van der Waals surface area contributed by atoms with Crippen molar-refractivity contribution in [2.75, 3.05) is 35.8 Å². The quantitative estimate of drug-likeness (QED) is 0.107. The molecule has 350 valence electrons. The number of amides is 2. The normalized spacial score (nSPS) is 22.9. The van der Waals surface area contributed by atoms with Crippen molar-refractivity contribution in [2.45, 2.75) is 94.9 Å². The standard InChI is InChI=1S/C49H50F3N7O7S/c1-28-5-14-43(48(61)55-28)59-26-31-21-33(8-11-38(31)49(59)62)57-18-16-35(17-19-57)66-37-4-2-3-36(23-37)65-34-9-6-29(7-10-34)30-22-39-40(25-54-47(39)53-24-30)46(60)44-41(51)12-13-42(45(44)52)56-67(63,64)58-20-15-32(50)27-58/h6-13,21-22,24-25,32,35-37,43,56H,1-5,14-20,23,26-27H2,(H,53,54)(H,55,61)/t32-,36-,37-,43?/m1/s1. The molecule has 18 heteroatoms. The van der Waals surface area contributed by atoms with Crippen LogP contribution in [0.4, 0.5) is 24.5 Å². The van der Waals surface area contributed by atoms with Gasteiger partial charge in [0.2, 0.25) is 11.7 Å². The Labute approximate surface area is 385 Å². The maximum atomic E-state index is 15.8. The van der Waals surface area contributed by atoms with Crippen LogP contribution in [0.15, 0.2) is 85.3 Å². The number of aromatic amines is 1. The molecule has 4 fully saturated rings. The summed E-state index contributed by atoms with van der Waals surface area (Å²) in [6.45, 7) is 5.45. The summed E-state index contributed by atoms with van der Waals surface area (Å²) in [4.78, 5) is 51.0. The van der Waals surface area contributed by atoms with Gasteiger partial charge in [0.15, 0.2) is 5.82 Å². The van der Waals surface area contributed by atoms with Crippen LogP contribution in [-0.4, -0.2) is 102 Å². The van der Waals surface area contributed by atoms with Gasteiger partial charge in [-0.1, -0.05) is 18.7 Å². The molecular formula is C49H50F3N7O7S. The zero-order valence-corrected chi connectivity index (χ0v) is 37.4. The summed E-state index contributed by atoms with van der Waals surface area (Å²) < 4.78 is 86.3. The number of hydrogen-bond acceptors (Lipinski definition) is 9. The maximum Gasteiger partial charge on any atom is 0.301 e. The molecule has 5 aromatic rings. The maximum absolute atomic E-state index is 15.8. The van der Waals surface area contributed by atoms with Crippen LogP contribution in [0.3, 0.4) is 0 Å². The van der Waals surface area contributed by atoms with Crippen LogP contribution in [-0.2, 0) is 26.3 Å². The number of allylic oxidation sites excluding steroid dienone is 1. The molecule has 10 rings (SSSR count). The van der Waals surface area contributed by atoms with E-state index in [2.05, 4.69) is 32.8 Å². The van der Waals surface area contributed by atoms with Gasteiger partial charge in [0.05, 0.1) is 23.5 Å². The Kier molecular flexibility index (Phi) is 12.0. The summed E-state index contributed by atoms with van der Waals surface area (Å²) in [5.41, 5.74) is 3.43. The van der Waals surface area contributed by atoms with E-state index in [1.807, 2.05) is 41.1 Å². The number of ether oxygens (including phenoxy) is 2. The van der Waals surface area contributed by atoms with Crippen molar-refractivity contribution in [1.82, 2.24) is 24.5 Å². The van der Waals surface area contributed by atoms with Crippen LogP contribution in [0.1, 0.15) is 89.6 Å². The molecule has 1 saturated carbocycles. The van der Waals surface area contributed by atoms with E-state index in [4.69, 9.17) is 9.47 Å². The summed E-state index contributed by atoms with van der Waals surface area (Å²) in [7, 11) is -4.36. The lowest BCUT2D eigenvalue weighted by Gasteiger charge is -2.37. The second-order valence-electron chi connectivity index (χ2n) is 18.1. The number of benzene rings is 3. The van der Waals surface area contributed by atoms with Crippen molar-refractivity contribution in [3.8, 4) is 16.9 Å². The van der Waals surface area contributed by atoms with Gasteiger partial charge in [0, 0.05) is 85.0 Å². The Morgan fingerprint density at radius 3 is 2.45 bits per heavy atom. The summed E-state index contributed by atoms with van der Waals surface area (Å²) in [6, 6.07) is 16.4. The molecule has 2 aromatic heterocycles. The van der Waals surface area contributed by atoms with E-state index in [0.29, 0.717) is 53.0 Å². The molecule has 3 saturated heterocycles. The predicted molar refractivity (Wildman–Crippen MR) is 245 cm³/mol. The largest absolute Gasteiger partial charge is 0.490 e. The third kappa shape index (κ3) is 9.01. The SMILES string of the molecule is C=C1CCC(N2Cc3cc(N4CCC(O[C@@H]5CCC[C@@H](Oc6ccc(-c7cnc8[nH]cc(C(=O)c9c(F)ccc(NS(=O)(=O)N%10CC[C@@H](F)C%10)c9F)c8c7)cc6)C5)CC4)ccc3C2=O)C(=O)N1. The summed E-state index contributed by atoms with van der Waals surface area (Å²) in [5, 5.41) is 3.11. The van der Waals surface area contributed by atoms with Crippen LogP contribution in [0, 0.1) is 11.6 Å². The number of aromatic nitrogens is 2. The Hall–Kier alpha value is -6.24. The van der Waals surface area contributed by atoms with Crippen molar-refractivity contribution in [3.05, 3.63) is 119 Å². The number of H-pyrrole nitrogens is 1. The first-order valence-corrected chi connectivity index (χ1v) is 24.2. The molecule has 3 aromatic carbocycles. The minimum Gasteiger partial charge on any atom is -0.490 e. The van der Waals surface area contributed by atoms with Gasteiger partial charge in [0.25, 0.3) is 5.91 Å². The fourth-order valence-electron chi connectivity index (χ4n) is 10.0. The molecule has 3 N–H and O–H groups in total. The molecule has 5 aliphatic rings. The third-order valence-electron chi connectivity index (χ3n) is 13.6. The first kappa shape index (κ1) is 44.6. The molecule has 0 bridgehead atoms. The van der Waals surface area contributed by atoms with Crippen molar-refractivity contribution in [3.63, 3.8) is 0 Å². The van der Waals surface area contributed by atoms with Gasteiger partial charge in [-0.2, -0.15) is 12.7 Å². The van der Waals surface area contributed by atoms with E-state index in [-0.39, 0.29) is 48.7 Å². The number of carbonyl (C=O) groups excluding carboxylic acids is 3. The molecule has 0 spiro atoms. The number of carbonyl (C=O) groups is 3. The zero-order chi connectivity index (χ0) is 46.6. The van der Waals surface area contributed by atoms with E-state index in [1.165, 1.54) is 6.20 Å². The molecule has 67 heavy (non-hydrogen) atoms. The highest BCUT2D eigenvalue weighted by molar-refractivity contribution is 7.90. The predicted octanol–water partition coefficient (Wildman–Crippen LogP) is 7.56. The topological polar surface area (TPSA) is 166 Å². The molecular weight excluding hydrogens is 888 g/mol. The Morgan fingerprint density at radius 2 is 1.69 bits per heavy atom. The molecule has 0 radical (unpaired) electrons. The highest BCUT2D eigenvalue weighted by atomic mass is 32.2. The zero-order valence-electron chi connectivity index (χ0n) is 36.6. The van der Waals surface area contributed by atoms with Gasteiger partial charge < -0.3 is 29.6 Å². The average molecular weight is 938 g/mol. The first-order valence-electron chi connectivity index (χ1n) is 22.8. The monoisotopic (exact) mass is 937 g/mol. The Morgan fingerprint density at radius 1 is 0.896 bits per heavy atom. The summed E-state index contributed by atoms with van der Waals surface area (Å²) >= 11 is 0. The number of piperidine rings is 2. The number of pyridine rings is 1. The van der Waals surface area contributed by atoms with Crippen molar-refractivity contribution in [1.29, 1.82) is 0 Å². The Bertz CT molecular complexity index is 2890. The lowest BCUT2D eigenvalue weighted by molar-refractivity contribution is -0.126. The van der Waals surface area contributed by atoms with Crippen LogP contribution < -0.4 is 19.7 Å². The number of anilines is 2. The molecule has 4 aliphatic heterocycles. The number of nitrogens with one attached hydrogen (secondary N) is 3. The molecule has 1 aliphatic carbocycles. The van der Waals surface area contributed by atoms with E-state index >= 15 is 8.78 Å².